The van der Waals surface area contributed by atoms with E-state index < -0.39 is 42.0 Å². The van der Waals surface area contributed by atoms with Crippen LogP contribution >= 0.6 is 11.6 Å². The van der Waals surface area contributed by atoms with E-state index in [2.05, 4.69) is 14.9 Å². The minimum absolute atomic E-state index is 0.0918. The van der Waals surface area contributed by atoms with Crippen molar-refractivity contribution in [3.8, 4) is 5.75 Å². The molecule has 0 amide bonds. The quantitative estimate of drug-likeness (QED) is 0.139. The number of carbonyl (C=O) groups excluding carboxylic acids is 1. The fraction of sp³-hybridized carbons (Fsp3) is 0.500. The second kappa shape index (κ2) is 10.4. The van der Waals surface area contributed by atoms with Gasteiger partial charge in [-0.2, -0.15) is 13.2 Å². The SMILES string of the molecule is CN(CCC(=O)O)/[N+]([O-])=N/OCOC(=O)C1=Cc2cc(Cl)c(C(C)(C)C)cc2O[C@@H]1C(F)(F)F. The van der Waals surface area contributed by atoms with Crippen molar-refractivity contribution >= 4 is 29.6 Å². The van der Waals surface area contributed by atoms with E-state index in [-0.39, 0.29) is 34.3 Å². The van der Waals surface area contributed by atoms with Crippen LogP contribution in [-0.4, -0.2) is 59.7 Å². The van der Waals surface area contributed by atoms with Gasteiger partial charge in [-0.3, -0.25) is 4.79 Å². The zero-order chi connectivity index (χ0) is 25.8. The molecule has 2 rings (SSSR count). The molecule has 0 bridgehead atoms. The van der Waals surface area contributed by atoms with Crippen molar-refractivity contribution in [3.63, 3.8) is 0 Å². The van der Waals surface area contributed by atoms with Crippen LogP contribution in [0.3, 0.4) is 0 Å². The summed E-state index contributed by atoms with van der Waals surface area (Å²) in [4.78, 5) is 27.2. The molecule has 1 aromatic rings. The van der Waals surface area contributed by atoms with E-state index in [0.717, 1.165) is 11.1 Å². The van der Waals surface area contributed by atoms with Gasteiger partial charge in [0.05, 0.1) is 30.6 Å². The molecule has 10 nitrogen and oxygen atoms in total. The van der Waals surface area contributed by atoms with Crippen LogP contribution in [-0.2, 0) is 24.6 Å². The van der Waals surface area contributed by atoms with Crippen molar-refractivity contribution in [2.45, 2.75) is 44.9 Å². The third-order valence-electron chi connectivity index (χ3n) is 4.59. The van der Waals surface area contributed by atoms with Crippen LogP contribution in [0, 0.1) is 5.21 Å². The van der Waals surface area contributed by atoms with Crippen molar-refractivity contribution < 1.29 is 47.1 Å². The number of esters is 1. The number of nitrogens with zero attached hydrogens (tertiary/aromatic N) is 3. The van der Waals surface area contributed by atoms with Crippen LogP contribution in [0.15, 0.2) is 23.0 Å². The summed E-state index contributed by atoms with van der Waals surface area (Å²) in [6.45, 7) is 4.33. The first-order chi connectivity index (χ1) is 15.6. The van der Waals surface area contributed by atoms with Crippen molar-refractivity contribution in [2.24, 2.45) is 5.28 Å². The average Bonchev–Trinajstić information content (AvgIpc) is 2.71. The lowest BCUT2D eigenvalue weighted by Crippen LogP contribution is -2.41. The third-order valence-corrected chi connectivity index (χ3v) is 4.90. The van der Waals surface area contributed by atoms with Crippen LogP contribution in [0.2, 0.25) is 5.02 Å². The number of aliphatic carboxylic acids is 1. The summed E-state index contributed by atoms with van der Waals surface area (Å²) < 4.78 is 50.6. The van der Waals surface area contributed by atoms with E-state index >= 15 is 0 Å². The van der Waals surface area contributed by atoms with Gasteiger partial charge < -0.3 is 24.6 Å². The van der Waals surface area contributed by atoms with Gasteiger partial charge in [-0.1, -0.05) is 32.4 Å². The maximum Gasteiger partial charge on any atom is 0.430 e. The number of hydrogen-bond acceptors (Lipinski definition) is 7. The number of carboxylic acids is 1. The minimum atomic E-state index is -4.94. The van der Waals surface area contributed by atoms with Gasteiger partial charge in [0.15, 0.2) is 0 Å². The Bertz CT molecular complexity index is 1010. The molecule has 14 heteroatoms. The lowest BCUT2D eigenvalue weighted by molar-refractivity contribution is -0.706. The van der Waals surface area contributed by atoms with Gasteiger partial charge in [-0.05, 0) is 29.2 Å². The molecule has 1 aliphatic heterocycles. The summed E-state index contributed by atoms with van der Waals surface area (Å²) in [5.74, 6) is -2.64. The van der Waals surface area contributed by atoms with Gasteiger partial charge in [0.25, 0.3) is 6.79 Å². The van der Waals surface area contributed by atoms with Gasteiger partial charge in [-0.15, -0.1) is 5.01 Å². The molecular weight excluding hydrogens is 487 g/mol. The summed E-state index contributed by atoms with van der Waals surface area (Å²) in [7, 11) is 1.22. The van der Waals surface area contributed by atoms with Gasteiger partial charge in [0, 0.05) is 10.6 Å². The van der Waals surface area contributed by atoms with E-state index in [4.69, 9.17) is 21.4 Å². The molecule has 1 N–H and O–H groups in total. The van der Waals surface area contributed by atoms with E-state index in [1.54, 1.807) is 0 Å². The standard InChI is InChI=1S/C20H23ClF3N3O7/c1-19(2,3)13-9-15-11(8-14(13)21)7-12(17(34-15)20(22,23)24)18(30)32-10-33-25-27(31)26(4)6-5-16(28)29/h7-9,17H,5-6,10H2,1-4H3,(H,28,29)/b27-25-/t17-/m0/s1. The second-order valence-electron chi connectivity index (χ2n) is 8.30. The molecule has 0 saturated carbocycles. The molecule has 0 fully saturated rings. The number of ether oxygens (including phenoxy) is 2. The molecule has 1 atom stereocenters. The van der Waals surface area contributed by atoms with Crippen LogP contribution in [0.4, 0.5) is 13.2 Å². The normalized spacial score (nSPS) is 16.2. The molecule has 0 spiro atoms. The first-order valence-electron chi connectivity index (χ1n) is 9.80. The van der Waals surface area contributed by atoms with Crippen LogP contribution < -0.4 is 4.74 Å². The van der Waals surface area contributed by atoms with Crippen LogP contribution in [0.1, 0.15) is 38.3 Å². The number of rotatable bonds is 8. The van der Waals surface area contributed by atoms with Gasteiger partial charge in [-0.25, -0.2) is 4.79 Å². The molecule has 0 unspecified atom stereocenters. The van der Waals surface area contributed by atoms with Crippen molar-refractivity contribution in [3.05, 3.63) is 39.1 Å². The fourth-order valence-electron chi connectivity index (χ4n) is 2.84. The van der Waals surface area contributed by atoms with E-state index in [9.17, 15) is 28.0 Å². The number of carboxylic acid groups (broad SMARTS) is 1. The molecule has 0 aliphatic carbocycles. The minimum Gasteiger partial charge on any atom is -0.569 e. The average molecular weight is 510 g/mol. The molecular formula is C20H23ClF3N3O7. The molecule has 0 radical (unpaired) electrons. The Morgan fingerprint density at radius 1 is 1.32 bits per heavy atom. The Morgan fingerprint density at radius 2 is 1.97 bits per heavy atom. The highest BCUT2D eigenvalue weighted by atomic mass is 35.5. The second-order valence-corrected chi connectivity index (χ2v) is 8.70. The van der Waals surface area contributed by atoms with E-state index in [1.165, 1.54) is 19.2 Å². The largest absolute Gasteiger partial charge is 0.569 e. The molecule has 34 heavy (non-hydrogen) atoms. The van der Waals surface area contributed by atoms with Crippen molar-refractivity contribution in [1.82, 2.24) is 5.01 Å². The smallest absolute Gasteiger partial charge is 0.430 e. The first-order valence-corrected chi connectivity index (χ1v) is 10.2. The maximum atomic E-state index is 13.6. The molecule has 1 aromatic carbocycles. The highest BCUT2D eigenvalue weighted by Gasteiger charge is 2.49. The predicted octanol–water partition coefficient (Wildman–Crippen LogP) is 4.06. The van der Waals surface area contributed by atoms with E-state index in [0.29, 0.717) is 5.56 Å². The molecule has 1 heterocycles. The zero-order valence-corrected chi connectivity index (χ0v) is 19.4. The number of alkyl halides is 3. The maximum absolute atomic E-state index is 13.6. The Labute approximate surface area is 197 Å². The van der Waals surface area contributed by atoms with Crippen LogP contribution in [0.5, 0.6) is 5.75 Å². The molecule has 0 aromatic heterocycles. The molecule has 1 aliphatic rings. The summed E-state index contributed by atoms with van der Waals surface area (Å²) in [5.41, 5.74) is -0.592. The lowest BCUT2D eigenvalue weighted by Gasteiger charge is -2.30. The molecule has 0 saturated heterocycles. The fourth-order valence-corrected chi connectivity index (χ4v) is 3.30. The predicted molar refractivity (Wildman–Crippen MR) is 112 cm³/mol. The number of halogens is 4. The Balaban J connectivity index is 2.17. The monoisotopic (exact) mass is 509 g/mol. The number of carbonyl (C=O) groups is 2. The summed E-state index contributed by atoms with van der Waals surface area (Å²) in [5, 5.41) is 24.3. The summed E-state index contributed by atoms with van der Waals surface area (Å²) in [6.07, 6.45) is -6.92. The topological polar surface area (TPSA) is 124 Å². The number of hydrogen-bond donors (Lipinski definition) is 1. The number of benzene rings is 1. The first kappa shape index (κ1) is 27.0. The van der Waals surface area contributed by atoms with Crippen molar-refractivity contribution in [2.75, 3.05) is 20.4 Å². The third kappa shape index (κ3) is 6.89. The van der Waals surface area contributed by atoms with Gasteiger partial charge in [0.1, 0.15) is 5.75 Å². The Morgan fingerprint density at radius 3 is 2.53 bits per heavy atom. The van der Waals surface area contributed by atoms with Crippen molar-refractivity contribution in [1.29, 1.82) is 0 Å². The number of fused-ring (bicyclic) bond motifs is 1. The van der Waals surface area contributed by atoms with Gasteiger partial charge >= 0.3 is 18.1 Å². The van der Waals surface area contributed by atoms with Gasteiger partial charge in [0.2, 0.25) is 11.4 Å². The van der Waals surface area contributed by atoms with E-state index in [1.807, 2.05) is 20.8 Å². The highest BCUT2D eigenvalue weighted by molar-refractivity contribution is 6.31. The molecule has 188 valence electrons. The zero-order valence-electron chi connectivity index (χ0n) is 18.7. The summed E-state index contributed by atoms with van der Waals surface area (Å²) in [6, 6.07) is 2.80. The summed E-state index contributed by atoms with van der Waals surface area (Å²) >= 11 is 6.27. The lowest BCUT2D eigenvalue weighted by atomic mass is 9.85. The Kier molecular flexibility index (Phi) is 8.24. The van der Waals surface area contributed by atoms with Crippen LogP contribution in [0.25, 0.3) is 6.08 Å². The highest BCUT2D eigenvalue weighted by Crippen LogP contribution is 2.42. The Hall–Kier alpha value is -3.22. The number of hydrazine groups is 1.